The van der Waals surface area contributed by atoms with E-state index in [1.807, 2.05) is 11.7 Å². The normalized spacial score (nSPS) is 26.4. The molecule has 0 radical (unpaired) electrons. The van der Waals surface area contributed by atoms with Gasteiger partial charge in [-0.05, 0) is 19.8 Å². The van der Waals surface area contributed by atoms with Gasteiger partial charge in [-0.3, -0.25) is 4.68 Å². The molecule has 0 amide bonds. The molecule has 0 saturated carbocycles. The first-order valence-corrected chi connectivity index (χ1v) is 7.03. The van der Waals surface area contributed by atoms with Gasteiger partial charge in [-0.1, -0.05) is 20.3 Å². The van der Waals surface area contributed by atoms with Gasteiger partial charge >= 0.3 is 0 Å². The topological polar surface area (TPSA) is 33.1 Å². The molecule has 1 fully saturated rings. The molecule has 0 bridgehead atoms. The van der Waals surface area contributed by atoms with Gasteiger partial charge in [0.15, 0.2) is 0 Å². The van der Waals surface area contributed by atoms with Crippen molar-refractivity contribution in [3.8, 4) is 0 Å². The number of aryl methyl sites for hydroxylation is 2. The Bertz CT molecular complexity index is 398. The van der Waals surface area contributed by atoms with E-state index < -0.39 is 0 Å². The average molecular weight is 250 g/mol. The monoisotopic (exact) mass is 250 g/mol. The van der Waals surface area contributed by atoms with Crippen molar-refractivity contribution < 1.29 is 0 Å². The molecule has 4 heteroatoms. The van der Waals surface area contributed by atoms with Gasteiger partial charge in [-0.25, -0.2) is 0 Å². The van der Waals surface area contributed by atoms with E-state index in [4.69, 9.17) is 0 Å². The van der Waals surface area contributed by atoms with Crippen LogP contribution in [-0.2, 0) is 7.05 Å². The SMILES string of the molecule is CCC(C)C1CN(c2cn(C)nc2C)C(C)CN1. The summed E-state index contributed by atoms with van der Waals surface area (Å²) < 4.78 is 1.91. The summed E-state index contributed by atoms with van der Waals surface area (Å²) in [6, 6.07) is 1.12. The number of aromatic nitrogens is 2. The quantitative estimate of drug-likeness (QED) is 0.890. The predicted octanol–water partition coefficient (Wildman–Crippen LogP) is 1.94. The van der Waals surface area contributed by atoms with Gasteiger partial charge in [0.1, 0.15) is 0 Å². The highest BCUT2D eigenvalue weighted by Gasteiger charge is 2.29. The molecule has 102 valence electrons. The summed E-state index contributed by atoms with van der Waals surface area (Å²) in [5.74, 6) is 0.719. The van der Waals surface area contributed by atoms with Crippen molar-refractivity contribution >= 4 is 5.69 Å². The molecule has 0 aliphatic carbocycles. The van der Waals surface area contributed by atoms with E-state index in [2.05, 4.69) is 49.2 Å². The Hall–Kier alpha value is -1.03. The number of rotatable bonds is 3. The van der Waals surface area contributed by atoms with Gasteiger partial charge < -0.3 is 10.2 Å². The van der Waals surface area contributed by atoms with Crippen LogP contribution in [0.5, 0.6) is 0 Å². The summed E-state index contributed by atoms with van der Waals surface area (Å²) >= 11 is 0. The van der Waals surface area contributed by atoms with Crippen molar-refractivity contribution in [3.63, 3.8) is 0 Å². The number of hydrogen-bond acceptors (Lipinski definition) is 3. The van der Waals surface area contributed by atoms with E-state index in [1.54, 1.807) is 0 Å². The second kappa shape index (κ2) is 5.31. The van der Waals surface area contributed by atoms with Crippen LogP contribution in [0.25, 0.3) is 0 Å². The number of piperazine rings is 1. The van der Waals surface area contributed by atoms with E-state index in [1.165, 1.54) is 12.1 Å². The lowest BCUT2D eigenvalue weighted by atomic mass is 9.95. The minimum absolute atomic E-state index is 0.535. The maximum Gasteiger partial charge on any atom is 0.0827 e. The van der Waals surface area contributed by atoms with Crippen LogP contribution in [0.2, 0.25) is 0 Å². The lowest BCUT2D eigenvalue weighted by Gasteiger charge is -2.42. The minimum Gasteiger partial charge on any atom is -0.363 e. The van der Waals surface area contributed by atoms with Gasteiger partial charge in [0.05, 0.1) is 11.4 Å². The first-order chi connectivity index (χ1) is 8.52. The highest BCUT2D eigenvalue weighted by Crippen LogP contribution is 2.24. The largest absolute Gasteiger partial charge is 0.363 e. The lowest BCUT2D eigenvalue weighted by molar-refractivity contribution is 0.315. The average Bonchev–Trinajstić information content (AvgIpc) is 2.68. The highest BCUT2D eigenvalue weighted by atomic mass is 15.3. The van der Waals surface area contributed by atoms with E-state index in [0.717, 1.165) is 24.7 Å². The second-order valence-electron chi connectivity index (χ2n) is 5.68. The zero-order valence-electron chi connectivity index (χ0n) is 12.3. The van der Waals surface area contributed by atoms with Crippen molar-refractivity contribution in [2.24, 2.45) is 13.0 Å². The molecule has 1 aromatic heterocycles. The molecule has 2 rings (SSSR count). The Morgan fingerprint density at radius 1 is 1.56 bits per heavy atom. The van der Waals surface area contributed by atoms with Gasteiger partial charge in [0.25, 0.3) is 0 Å². The predicted molar refractivity (Wildman–Crippen MR) is 76.0 cm³/mol. The van der Waals surface area contributed by atoms with E-state index in [9.17, 15) is 0 Å². The van der Waals surface area contributed by atoms with Crippen molar-refractivity contribution in [1.82, 2.24) is 15.1 Å². The maximum absolute atomic E-state index is 4.47. The first kappa shape index (κ1) is 13.4. The molecular formula is C14H26N4. The summed E-state index contributed by atoms with van der Waals surface area (Å²) in [6.07, 6.45) is 3.37. The van der Waals surface area contributed by atoms with Crippen LogP contribution < -0.4 is 10.2 Å². The van der Waals surface area contributed by atoms with E-state index >= 15 is 0 Å². The summed E-state index contributed by atoms with van der Waals surface area (Å²) in [7, 11) is 2.00. The molecule has 4 nitrogen and oxygen atoms in total. The number of anilines is 1. The zero-order valence-corrected chi connectivity index (χ0v) is 12.3. The molecule has 1 aliphatic rings. The fourth-order valence-electron chi connectivity index (χ4n) is 2.76. The maximum atomic E-state index is 4.47. The van der Waals surface area contributed by atoms with Crippen molar-refractivity contribution in [3.05, 3.63) is 11.9 Å². The molecule has 0 aromatic carbocycles. The summed E-state index contributed by atoms with van der Waals surface area (Å²) in [6.45, 7) is 11.1. The van der Waals surface area contributed by atoms with Crippen LogP contribution in [0.1, 0.15) is 32.9 Å². The Balaban J connectivity index is 2.17. The molecule has 1 saturated heterocycles. The van der Waals surface area contributed by atoms with Crippen LogP contribution in [0.3, 0.4) is 0 Å². The number of nitrogens with one attached hydrogen (secondary N) is 1. The molecule has 1 aliphatic heterocycles. The van der Waals surface area contributed by atoms with Gasteiger partial charge in [0, 0.05) is 38.4 Å². The van der Waals surface area contributed by atoms with Crippen molar-refractivity contribution in [2.75, 3.05) is 18.0 Å². The molecule has 1 aromatic rings. The third kappa shape index (κ3) is 2.53. The summed E-state index contributed by atoms with van der Waals surface area (Å²) in [5, 5.41) is 8.14. The molecule has 1 N–H and O–H groups in total. The molecule has 18 heavy (non-hydrogen) atoms. The molecule has 0 spiro atoms. The lowest BCUT2D eigenvalue weighted by Crippen LogP contribution is -2.57. The summed E-state index contributed by atoms with van der Waals surface area (Å²) in [4.78, 5) is 2.51. The third-order valence-electron chi connectivity index (χ3n) is 4.23. The van der Waals surface area contributed by atoms with Gasteiger partial charge in [-0.2, -0.15) is 5.10 Å². The van der Waals surface area contributed by atoms with E-state index in [-0.39, 0.29) is 0 Å². The van der Waals surface area contributed by atoms with Crippen LogP contribution in [0, 0.1) is 12.8 Å². The number of hydrogen-bond donors (Lipinski definition) is 1. The first-order valence-electron chi connectivity index (χ1n) is 7.03. The highest BCUT2D eigenvalue weighted by molar-refractivity contribution is 5.50. The molecule has 3 unspecified atom stereocenters. The van der Waals surface area contributed by atoms with Crippen molar-refractivity contribution in [2.45, 2.75) is 46.2 Å². The molecular weight excluding hydrogens is 224 g/mol. The minimum atomic E-state index is 0.535. The Kier molecular flexibility index (Phi) is 3.95. The molecule has 3 atom stereocenters. The fraction of sp³-hybridized carbons (Fsp3) is 0.786. The Morgan fingerprint density at radius 3 is 2.83 bits per heavy atom. The molecule has 2 heterocycles. The third-order valence-corrected chi connectivity index (χ3v) is 4.23. The van der Waals surface area contributed by atoms with Crippen LogP contribution in [0.15, 0.2) is 6.20 Å². The standard InChI is InChI=1S/C14H26N4/c1-6-10(2)13-8-18(11(3)7-15-13)14-9-17(5)16-12(14)4/h9-11,13,15H,6-8H2,1-5H3. The second-order valence-corrected chi connectivity index (χ2v) is 5.68. The zero-order chi connectivity index (χ0) is 13.3. The van der Waals surface area contributed by atoms with Crippen LogP contribution in [0.4, 0.5) is 5.69 Å². The van der Waals surface area contributed by atoms with Gasteiger partial charge in [0.2, 0.25) is 0 Å². The summed E-state index contributed by atoms with van der Waals surface area (Å²) in [5.41, 5.74) is 2.42. The van der Waals surface area contributed by atoms with Crippen LogP contribution >= 0.6 is 0 Å². The fourth-order valence-corrected chi connectivity index (χ4v) is 2.76. The van der Waals surface area contributed by atoms with E-state index in [0.29, 0.717) is 12.1 Å². The van der Waals surface area contributed by atoms with Gasteiger partial charge in [-0.15, -0.1) is 0 Å². The van der Waals surface area contributed by atoms with Crippen LogP contribution in [-0.4, -0.2) is 35.0 Å². The number of nitrogens with zero attached hydrogens (tertiary/aromatic N) is 3. The Morgan fingerprint density at radius 2 is 2.28 bits per heavy atom. The Labute approximate surface area is 110 Å². The smallest absolute Gasteiger partial charge is 0.0827 e. The van der Waals surface area contributed by atoms with Crippen molar-refractivity contribution in [1.29, 1.82) is 0 Å².